The minimum atomic E-state index is -1.03. The molecule has 80 valence electrons. The van der Waals surface area contributed by atoms with Crippen molar-refractivity contribution < 1.29 is 9.90 Å². The van der Waals surface area contributed by atoms with Gasteiger partial charge in [0.1, 0.15) is 5.15 Å². The van der Waals surface area contributed by atoms with Crippen molar-refractivity contribution in [3.8, 4) is 11.3 Å². The minimum Gasteiger partial charge on any atom is -0.478 e. The maximum Gasteiger partial charge on any atom is 0.335 e. The van der Waals surface area contributed by atoms with E-state index in [1.807, 2.05) is 0 Å². The number of aromatic carboxylic acids is 1. The monoisotopic (exact) mass is 234 g/mol. The van der Waals surface area contributed by atoms with E-state index in [4.69, 9.17) is 16.7 Å². The topological polar surface area (TPSA) is 63.1 Å². The molecule has 0 radical (unpaired) electrons. The van der Waals surface area contributed by atoms with Gasteiger partial charge < -0.3 is 5.11 Å². The van der Waals surface area contributed by atoms with Crippen molar-refractivity contribution in [2.45, 2.75) is 0 Å². The van der Waals surface area contributed by atoms with Crippen LogP contribution in [-0.4, -0.2) is 21.0 Å². The van der Waals surface area contributed by atoms with Gasteiger partial charge in [0, 0.05) is 18.0 Å². The SMILES string of the molecule is O=C(O)c1cc(Cl)nc(-c2ccncc2)c1. The zero-order valence-electron chi connectivity index (χ0n) is 8.09. The number of hydrogen-bond acceptors (Lipinski definition) is 3. The average molecular weight is 235 g/mol. The predicted molar refractivity (Wildman–Crippen MR) is 59.4 cm³/mol. The first-order valence-electron chi connectivity index (χ1n) is 4.48. The minimum absolute atomic E-state index is 0.117. The summed E-state index contributed by atoms with van der Waals surface area (Å²) in [6, 6.07) is 6.27. The Labute approximate surface area is 96.6 Å². The largest absolute Gasteiger partial charge is 0.478 e. The highest BCUT2D eigenvalue weighted by atomic mass is 35.5. The summed E-state index contributed by atoms with van der Waals surface area (Å²) in [6.07, 6.45) is 3.22. The van der Waals surface area contributed by atoms with Crippen molar-refractivity contribution in [1.82, 2.24) is 9.97 Å². The van der Waals surface area contributed by atoms with Gasteiger partial charge in [0.15, 0.2) is 0 Å². The molecule has 4 nitrogen and oxygen atoms in total. The van der Waals surface area contributed by atoms with Crippen molar-refractivity contribution in [1.29, 1.82) is 0 Å². The Bertz CT molecular complexity index is 529. The summed E-state index contributed by atoms with van der Waals surface area (Å²) in [6.45, 7) is 0. The van der Waals surface area contributed by atoms with Crippen LogP contribution in [0.5, 0.6) is 0 Å². The summed E-state index contributed by atoms with van der Waals surface area (Å²) < 4.78 is 0. The summed E-state index contributed by atoms with van der Waals surface area (Å²) in [4.78, 5) is 18.8. The number of carboxylic acids is 1. The van der Waals surface area contributed by atoms with E-state index in [1.54, 1.807) is 24.5 Å². The predicted octanol–water partition coefficient (Wildman–Crippen LogP) is 2.50. The second-order valence-electron chi connectivity index (χ2n) is 3.10. The molecule has 0 aliphatic carbocycles. The third-order valence-corrected chi connectivity index (χ3v) is 2.21. The van der Waals surface area contributed by atoms with E-state index in [0.29, 0.717) is 5.69 Å². The Kier molecular flexibility index (Phi) is 2.83. The van der Waals surface area contributed by atoms with Crippen LogP contribution >= 0.6 is 11.6 Å². The van der Waals surface area contributed by atoms with E-state index in [1.165, 1.54) is 12.1 Å². The molecule has 0 fully saturated rings. The van der Waals surface area contributed by atoms with Gasteiger partial charge in [-0.3, -0.25) is 4.98 Å². The van der Waals surface area contributed by atoms with Gasteiger partial charge >= 0.3 is 5.97 Å². The van der Waals surface area contributed by atoms with E-state index in [-0.39, 0.29) is 10.7 Å². The van der Waals surface area contributed by atoms with E-state index < -0.39 is 5.97 Å². The molecule has 1 N–H and O–H groups in total. The Balaban J connectivity index is 2.54. The van der Waals surface area contributed by atoms with Crippen LogP contribution in [0.2, 0.25) is 5.15 Å². The molecule has 0 aliphatic heterocycles. The molecule has 0 aliphatic rings. The molecule has 2 rings (SSSR count). The second kappa shape index (κ2) is 4.28. The van der Waals surface area contributed by atoms with Crippen LogP contribution in [-0.2, 0) is 0 Å². The molecule has 2 aromatic rings. The zero-order valence-corrected chi connectivity index (χ0v) is 8.85. The number of rotatable bonds is 2. The van der Waals surface area contributed by atoms with Crippen LogP contribution < -0.4 is 0 Å². The van der Waals surface area contributed by atoms with Crippen molar-refractivity contribution in [3.05, 3.63) is 47.4 Å². The van der Waals surface area contributed by atoms with Crippen LogP contribution in [0.15, 0.2) is 36.7 Å². The first-order valence-corrected chi connectivity index (χ1v) is 4.86. The standard InChI is InChI=1S/C11H7ClN2O2/c12-10-6-8(11(15)16)5-9(14-10)7-1-3-13-4-2-7/h1-6H,(H,15,16). The molecular weight excluding hydrogens is 228 g/mol. The van der Waals surface area contributed by atoms with Crippen LogP contribution in [0.1, 0.15) is 10.4 Å². The fourth-order valence-corrected chi connectivity index (χ4v) is 1.50. The molecule has 0 atom stereocenters. The van der Waals surface area contributed by atoms with Crippen LogP contribution in [0.25, 0.3) is 11.3 Å². The van der Waals surface area contributed by atoms with E-state index >= 15 is 0 Å². The highest BCUT2D eigenvalue weighted by Gasteiger charge is 2.08. The Morgan fingerprint density at radius 1 is 1.25 bits per heavy atom. The molecule has 2 heterocycles. The smallest absolute Gasteiger partial charge is 0.335 e. The molecular formula is C11H7ClN2O2. The van der Waals surface area contributed by atoms with Crippen LogP contribution in [0.4, 0.5) is 0 Å². The number of halogens is 1. The van der Waals surface area contributed by atoms with Gasteiger partial charge in [-0.2, -0.15) is 0 Å². The van der Waals surface area contributed by atoms with Crippen molar-refractivity contribution >= 4 is 17.6 Å². The number of carboxylic acid groups (broad SMARTS) is 1. The van der Waals surface area contributed by atoms with Crippen molar-refractivity contribution in [2.75, 3.05) is 0 Å². The fraction of sp³-hybridized carbons (Fsp3) is 0. The Morgan fingerprint density at radius 2 is 1.94 bits per heavy atom. The van der Waals surface area contributed by atoms with E-state index in [9.17, 15) is 4.79 Å². The third kappa shape index (κ3) is 2.17. The lowest BCUT2D eigenvalue weighted by Crippen LogP contribution is -1.98. The second-order valence-corrected chi connectivity index (χ2v) is 3.49. The number of pyridine rings is 2. The lowest BCUT2D eigenvalue weighted by molar-refractivity contribution is 0.0697. The van der Waals surface area contributed by atoms with Gasteiger partial charge in [-0.1, -0.05) is 11.6 Å². The number of carbonyl (C=O) groups is 1. The molecule has 0 aromatic carbocycles. The zero-order chi connectivity index (χ0) is 11.5. The fourth-order valence-electron chi connectivity index (χ4n) is 1.29. The molecule has 0 unspecified atom stereocenters. The quantitative estimate of drug-likeness (QED) is 0.811. The molecule has 0 amide bonds. The van der Waals surface area contributed by atoms with Gasteiger partial charge in [-0.25, -0.2) is 9.78 Å². The summed E-state index contributed by atoms with van der Waals surface area (Å²) >= 11 is 5.75. The van der Waals surface area contributed by atoms with Gasteiger partial charge in [0.25, 0.3) is 0 Å². The van der Waals surface area contributed by atoms with Crippen LogP contribution in [0, 0.1) is 0 Å². The van der Waals surface area contributed by atoms with Crippen molar-refractivity contribution in [2.24, 2.45) is 0 Å². The molecule has 2 aromatic heterocycles. The molecule has 0 spiro atoms. The summed E-state index contributed by atoms with van der Waals surface area (Å²) in [5.74, 6) is -1.03. The first-order chi connectivity index (χ1) is 7.66. The summed E-state index contributed by atoms with van der Waals surface area (Å²) in [7, 11) is 0. The molecule has 16 heavy (non-hydrogen) atoms. The van der Waals surface area contributed by atoms with Gasteiger partial charge in [0.2, 0.25) is 0 Å². The number of hydrogen-bond donors (Lipinski definition) is 1. The van der Waals surface area contributed by atoms with Gasteiger partial charge in [-0.05, 0) is 24.3 Å². The number of nitrogens with zero attached hydrogens (tertiary/aromatic N) is 2. The molecule has 0 saturated heterocycles. The highest BCUT2D eigenvalue weighted by Crippen LogP contribution is 2.20. The Morgan fingerprint density at radius 3 is 2.56 bits per heavy atom. The highest BCUT2D eigenvalue weighted by molar-refractivity contribution is 6.29. The van der Waals surface area contributed by atoms with E-state index in [2.05, 4.69) is 9.97 Å². The first kappa shape index (κ1) is 10.6. The molecule has 0 bridgehead atoms. The lowest BCUT2D eigenvalue weighted by atomic mass is 10.1. The summed E-state index contributed by atoms with van der Waals surface area (Å²) in [5, 5.41) is 9.04. The van der Waals surface area contributed by atoms with Crippen molar-refractivity contribution in [3.63, 3.8) is 0 Å². The molecule has 0 saturated carbocycles. The van der Waals surface area contributed by atoms with Gasteiger partial charge in [0.05, 0.1) is 11.3 Å². The average Bonchev–Trinajstić information content (AvgIpc) is 2.29. The normalized spacial score (nSPS) is 10.1. The maximum atomic E-state index is 10.8. The maximum absolute atomic E-state index is 10.8. The Hall–Kier alpha value is -1.94. The molecule has 5 heteroatoms. The summed E-state index contributed by atoms with van der Waals surface area (Å²) in [5.41, 5.74) is 1.42. The number of aromatic nitrogens is 2. The lowest BCUT2D eigenvalue weighted by Gasteiger charge is -2.02. The van der Waals surface area contributed by atoms with Gasteiger partial charge in [-0.15, -0.1) is 0 Å². The van der Waals surface area contributed by atoms with Crippen LogP contribution in [0.3, 0.4) is 0 Å². The third-order valence-electron chi connectivity index (χ3n) is 2.02. The van der Waals surface area contributed by atoms with E-state index in [0.717, 1.165) is 5.56 Å².